The molecule has 0 heterocycles. The minimum Gasteiger partial charge on any atom is -0.497 e. The van der Waals surface area contributed by atoms with E-state index < -0.39 is 0 Å². The lowest BCUT2D eigenvalue weighted by atomic mass is 10.1. The zero-order chi connectivity index (χ0) is 15.1. The Morgan fingerprint density at radius 3 is 2.38 bits per heavy atom. The van der Waals surface area contributed by atoms with E-state index in [1.54, 1.807) is 18.9 Å². The molecule has 21 heavy (non-hydrogen) atoms. The van der Waals surface area contributed by atoms with Crippen LogP contribution in [-0.4, -0.2) is 18.6 Å². The second-order valence-electron chi connectivity index (χ2n) is 4.57. The fourth-order valence-electron chi connectivity index (χ4n) is 1.98. The highest BCUT2D eigenvalue weighted by Crippen LogP contribution is 2.32. The van der Waals surface area contributed by atoms with E-state index in [1.807, 2.05) is 54.6 Å². The van der Waals surface area contributed by atoms with Crippen LogP contribution in [0.4, 0.5) is 0 Å². The minimum atomic E-state index is -0.251. The maximum atomic E-state index is 10.9. The van der Waals surface area contributed by atoms with Crippen LogP contribution in [0.1, 0.15) is 16.4 Å². The second kappa shape index (κ2) is 7.69. The third kappa shape index (κ3) is 4.79. The lowest BCUT2D eigenvalue weighted by Gasteiger charge is -2.13. The van der Waals surface area contributed by atoms with Crippen molar-refractivity contribution in [2.45, 2.75) is 11.0 Å². The Morgan fingerprint density at radius 2 is 1.81 bits per heavy atom. The average Bonchev–Trinajstić information content (AvgIpc) is 2.52. The van der Waals surface area contributed by atoms with Gasteiger partial charge in [-0.1, -0.05) is 42.5 Å². The molecule has 0 N–H and O–H groups in total. The van der Waals surface area contributed by atoms with Crippen molar-refractivity contribution in [3.63, 3.8) is 0 Å². The summed E-state index contributed by atoms with van der Waals surface area (Å²) in [4.78, 5) is 10.6. The minimum absolute atomic E-state index is 0.0646. The van der Waals surface area contributed by atoms with Gasteiger partial charge in [0.25, 0.3) is 0 Å². The molecule has 0 unspecified atom stereocenters. The number of thioether (sulfide) groups is 1. The molecular formula is C16H17NO3S. The van der Waals surface area contributed by atoms with E-state index in [0.29, 0.717) is 0 Å². The van der Waals surface area contributed by atoms with Gasteiger partial charge >= 0.3 is 0 Å². The first kappa shape index (κ1) is 15.4. The van der Waals surface area contributed by atoms with E-state index in [-0.39, 0.29) is 16.7 Å². The van der Waals surface area contributed by atoms with Crippen LogP contribution in [-0.2, 0) is 5.75 Å². The molecule has 0 aliphatic heterocycles. The molecule has 0 fully saturated rings. The molecule has 0 saturated heterocycles. The Morgan fingerprint density at radius 1 is 1.14 bits per heavy atom. The fourth-order valence-corrected chi connectivity index (χ4v) is 3.14. The van der Waals surface area contributed by atoms with Crippen LogP contribution >= 0.6 is 11.8 Å². The topological polar surface area (TPSA) is 52.4 Å². The molecule has 0 amide bonds. The summed E-state index contributed by atoms with van der Waals surface area (Å²) in [7, 11) is 1.63. The molecule has 4 nitrogen and oxygen atoms in total. The van der Waals surface area contributed by atoms with Crippen molar-refractivity contribution in [1.29, 1.82) is 0 Å². The highest BCUT2D eigenvalue weighted by Gasteiger charge is 2.18. The standard InChI is InChI=1S/C16H17NO3S/c1-20-15-9-7-13(8-10-15)12-21-16(11-17(18)19)14-5-3-2-4-6-14/h2-10,16H,11-12H2,1H3/t16-/m1/s1. The summed E-state index contributed by atoms with van der Waals surface area (Å²) in [5.74, 6) is 1.55. The third-order valence-electron chi connectivity index (χ3n) is 3.10. The number of nitro groups is 1. The van der Waals surface area contributed by atoms with Gasteiger partial charge in [0.1, 0.15) is 5.75 Å². The molecule has 0 aliphatic rings. The highest BCUT2D eigenvalue weighted by atomic mass is 32.2. The zero-order valence-corrected chi connectivity index (χ0v) is 12.6. The smallest absolute Gasteiger partial charge is 0.219 e. The first-order chi connectivity index (χ1) is 10.2. The normalized spacial score (nSPS) is 11.9. The van der Waals surface area contributed by atoms with Gasteiger partial charge < -0.3 is 4.74 Å². The van der Waals surface area contributed by atoms with Crippen molar-refractivity contribution in [2.24, 2.45) is 0 Å². The molecule has 0 radical (unpaired) electrons. The van der Waals surface area contributed by atoms with Crippen molar-refractivity contribution in [3.8, 4) is 5.75 Å². The molecule has 1 atom stereocenters. The average molecular weight is 303 g/mol. The number of nitrogens with zero attached hydrogens (tertiary/aromatic N) is 1. The predicted octanol–water partition coefficient (Wildman–Crippen LogP) is 3.95. The lowest BCUT2D eigenvalue weighted by Crippen LogP contribution is -2.10. The Hall–Kier alpha value is -2.01. The fraction of sp³-hybridized carbons (Fsp3) is 0.250. The number of benzene rings is 2. The summed E-state index contributed by atoms with van der Waals surface area (Å²) in [6, 6.07) is 17.4. The molecule has 2 rings (SSSR count). The van der Waals surface area contributed by atoms with E-state index in [1.165, 1.54) is 0 Å². The maximum absolute atomic E-state index is 10.9. The van der Waals surface area contributed by atoms with Crippen LogP contribution < -0.4 is 4.74 Å². The van der Waals surface area contributed by atoms with Gasteiger partial charge in [0.15, 0.2) is 0 Å². The molecule has 2 aromatic carbocycles. The lowest BCUT2D eigenvalue weighted by molar-refractivity contribution is -0.479. The molecule has 0 saturated carbocycles. The number of ether oxygens (including phenoxy) is 1. The summed E-state index contributed by atoms with van der Waals surface area (Å²) in [5, 5.41) is 10.7. The summed E-state index contributed by atoms with van der Waals surface area (Å²) in [6.07, 6.45) is 0. The van der Waals surface area contributed by atoms with Gasteiger partial charge in [-0.15, -0.1) is 11.8 Å². The van der Waals surface area contributed by atoms with Crippen molar-refractivity contribution in [2.75, 3.05) is 13.7 Å². The molecule has 0 aromatic heterocycles. The zero-order valence-electron chi connectivity index (χ0n) is 11.8. The van der Waals surface area contributed by atoms with E-state index in [2.05, 4.69) is 0 Å². The van der Waals surface area contributed by atoms with Gasteiger partial charge in [-0.3, -0.25) is 10.1 Å². The Balaban J connectivity index is 2.03. The van der Waals surface area contributed by atoms with Crippen molar-refractivity contribution < 1.29 is 9.66 Å². The molecule has 0 aliphatic carbocycles. The van der Waals surface area contributed by atoms with Crippen LogP contribution in [0.25, 0.3) is 0 Å². The summed E-state index contributed by atoms with van der Waals surface area (Å²) in [5.41, 5.74) is 2.12. The van der Waals surface area contributed by atoms with Crippen molar-refractivity contribution in [1.82, 2.24) is 0 Å². The largest absolute Gasteiger partial charge is 0.497 e. The molecule has 110 valence electrons. The maximum Gasteiger partial charge on any atom is 0.219 e. The second-order valence-corrected chi connectivity index (χ2v) is 5.76. The van der Waals surface area contributed by atoms with E-state index >= 15 is 0 Å². The van der Waals surface area contributed by atoms with Crippen LogP contribution in [0.15, 0.2) is 54.6 Å². The highest BCUT2D eigenvalue weighted by molar-refractivity contribution is 7.98. The van der Waals surface area contributed by atoms with Gasteiger partial charge in [0.2, 0.25) is 6.54 Å². The van der Waals surface area contributed by atoms with Gasteiger partial charge in [0.05, 0.1) is 12.4 Å². The molecule has 5 heteroatoms. The van der Waals surface area contributed by atoms with Crippen molar-refractivity contribution in [3.05, 3.63) is 75.8 Å². The van der Waals surface area contributed by atoms with E-state index in [0.717, 1.165) is 22.6 Å². The van der Waals surface area contributed by atoms with Gasteiger partial charge in [-0.25, -0.2) is 0 Å². The Labute approximate surface area is 128 Å². The SMILES string of the molecule is COc1ccc(CS[C@H](C[N+](=O)[O-])c2ccccc2)cc1. The number of hydrogen-bond acceptors (Lipinski definition) is 4. The molecule has 0 spiro atoms. The number of hydrogen-bond donors (Lipinski definition) is 0. The Bertz CT molecular complexity index is 572. The van der Waals surface area contributed by atoms with E-state index in [9.17, 15) is 10.1 Å². The van der Waals surface area contributed by atoms with E-state index in [4.69, 9.17) is 4.74 Å². The van der Waals surface area contributed by atoms with Crippen LogP contribution in [0.5, 0.6) is 5.75 Å². The molecular weight excluding hydrogens is 286 g/mol. The molecule has 0 bridgehead atoms. The predicted molar refractivity (Wildman–Crippen MR) is 85.3 cm³/mol. The summed E-state index contributed by atoms with van der Waals surface area (Å²) < 4.78 is 5.12. The number of rotatable bonds is 7. The molecule has 2 aromatic rings. The third-order valence-corrected chi connectivity index (χ3v) is 4.42. The summed E-state index contributed by atoms with van der Waals surface area (Å²) in [6.45, 7) is -0.0646. The Kier molecular flexibility index (Phi) is 5.63. The quantitative estimate of drug-likeness (QED) is 0.574. The first-order valence-corrected chi connectivity index (χ1v) is 7.65. The van der Waals surface area contributed by atoms with Crippen LogP contribution in [0.3, 0.4) is 0 Å². The van der Waals surface area contributed by atoms with Crippen molar-refractivity contribution >= 4 is 11.8 Å². The number of methoxy groups -OCH3 is 1. The van der Waals surface area contributed by atoms with Gasteiger partial charge in [-0.2, -0.15) is 0 Å². The monoisotopic (exact) mass is 303 g/mol. The summed E-state index contributed by atoms with van der Waals surface area (Å²) >= 11 is 1.59. The van der Waals surface area contributed by atoms with Crippen LogP contribution in [0, 0.1) is 10.1 Å². The van der Waals surface area contributed by atoms with Gasteiger partial charge in [0, 0.05) is 10.7 Å². The van der Waals surface area contributed by atoms with Gasteiger partial charge in [-0.05, 0) is 23.3 Å². The first-order valence-electron chi connectivity index (χ1n) is 6.60. The van der Waals surface area contributed by atoms with Crippen LogP contribution in [0.2, 0.25) is 0 Å².